The lowest BCUT2D eigenvalue weighted by Gasteiger charge is -2.16. The number of hydrogen-bond acceptors (Lipinski definition) is 3. The molecule has 6 heteroatoms. The number of aryl methyl sites for hydroxylation is 1. The highest BCUT2D eigenvalue weighted by Gasteiger charge is 2.33. The molecule has 0 unspecified atom stereocenters. The predicted molar refractivity (Wildman–Crippen MR) is 101 cm³/mol. The SMILES string of the molecule is Cc1ccccc1N1C(=O)/C(=C\c2ccc(F)c(Br)c2)SC1=S. The number of amides is 1. The topological polar surface area (TPSA) is 20.3 Å². The smallest absolute Gasteiger partial charge is 0.268 e. The van der Waals surface area contributed by atoms with Gasteiger partial charge in [0, 0.05) is 0 Å². The van der Waals surface area contributed by atoms with Crippen molar-refractivity contribution in [1.82, 2.24) is 0 Å². The lowest BCUT2D eigenvalue weighted by atomic mass is 10.1. The molecule has 0 saturated carbocycles. The number of carbonyl (C=O) groups is 1. The number of thioether (sulfide) groups is 1. The molecule has 1 amide bonds. The summed E-state index contributed by atoms with van der Waals surface area (Å²) in [5.74, 6) is -0.496. The van der Waals surface area contributed by atoms with Crippen molar-refractivity contribution in [3.63, 3.8) is 0 Å². The van der Waals surface area contributed by atoms with Crippen molar-refractivity contribution in [3.05, 3.63) is 68.8 Å². The average Bonchev–Trinajstić information content (AvgIpc) is 2.78. The zero-order chi connectivity index (χ0) is 16.6. The normalized spacial score (nSPS) is 16.5. The third kappa shape index (κ3) is 3.24. The van der Waals surface area contributed by atoms with E-state index in [4.69, 9.17) is 12.2 Å². The van der Waals surface area contributed by atoms with E-state index in [-0.39, 0.29) is 11.7 Å². The van der Waals surface area contributed by atoms with Crippen LogP contribution < -0.4 is 4.90 Å². The molecule has 1 aliphatic heterocycles. The number of halogens is 2. The Bertz CT molecular complexity index is 850. The van der Waals surface area contributed by atoms with E-state index in [0.29, 0.717) is 13.7 Å². The van der Waals surface area contributed by atoms with Gasteiger partial charge in [-0.1, -0.05) is 48.2 Å². The second-order valence-corrected chi connectivity index (χ2v) is 7.51. The van der Waals surface area contributed by atoms with Gasteiger partial charge in [-0.2, -0.15) is 0 Å². The summed E-state index contributed by atoms with van der Waals surface area (Å²) in [6.45, 7) is 1.94. The van der Waals surface area contributed by atoms with E-state index in [1.54, 1.807) is 23.1 Å². The fourth-order valence-electron chi connectivity index (χ4n) is 2.24. The van der Waals surface area contributed by atoms with Crippen molar-refractivity contribution in [2.24, 2.45) is 0 Å². The number of rotatable bonds is 2. The summed E-state index contributed by atoms with van der Waals surface area (Å²) in [7, 11) is 0. The van der Waals surface area contributed by atoms with Gasteiger partial charge >= 0.3 is 0 Å². The molecule has 116 valence electrons. The number of carbonyl (C=O) groups excluding carboxylic acids is 1. The number of hydrogen-bond donors (Lipinski definition) is 0. The van der Waals surface area contributed by atoms with Crippen LogP contribution in [0, 0.1) is 12.7 Å². The quantitative estimate of drug-likeness (QED) is 0.497. The molecule has 2 nitrogen and oxygen atoms in total. The highest BCUT2D eigenvalue weighted by Crippen LogP contribution is 2.37. The minimum absolute atomic E-state index is 0.158. The summed E-state index contributed by atoms with van der Waals surface area (Å²) in [4.78, 5) is 14.8. The average molecular weight is 408 g/mol. The maximum Gasteiger partial charge on any atom is 0.270 e. The molecule has 0 atom stereocenters. The molecular formula is C17H11BrFNOS2. The first kappa shape index (κ1) is 16.4. The highest BCUT2D eigenvalue weighted by atomic mass is 79.9. The van der Waals surface area contributed by atoms with Gasteiger partial charge < -0.3 is 0 Å². The Morgan fingerprint density at radius 3 is 2.70 bits per heavy atom. The molecule has 0 N–H and O–H groups in total. The second-order valence-electron chi connectivity index (χ2n) is 4.98. The molecule has 0 spiro atoms. The first-order valence-electron chi connectivity index (χ1n) is 6.76. The fraction of sp³-hybridized carbons (Fsp3) is 0.0588. The number of benzene rings is 2. The summed E-state index contributed by atoms with van der Waals surface area (Å²) in [6, 6.07) is 12.2. The van der Waals surface area contributed by atoms with E-state index in [2.05, 4.69) is 15.9 Å². The zero-order valence-corrected chi connectivity index (χ0v) is 15.3. The number of nitrogens with zero attached hydrogens (tertiary/aromatic N) is 1. The maximum absolute atomic E-state index is 13.3. The Balaban J connectivity index is 1.96. The summed E-state index contributed by atoms with van der Waals surface area (Å²) < 4.78 is 14.2. The number of anilines is 1. The van der Waals surface area contributed by atoms with Crippen molar-refractivity contribution in [1.29, 1.82) is 0 Å². The van der Waals surface area contributed by atoms with Crippen LogP contribution in [0.25, 0.3) is 6.08 Å². The van der Waals surface area contributed by atoms with Gasteiger partial charge in [0.05, 0.1) is 15.1 Å². The van der Waals surface area contributed by atoms with Crippen LogP contribution in [0.3, 0.4) is 0 Å². The van der Waals surface area contributed by atoms with Gasteiger partial charge in [-0.05, 0) is 58.3 Å². The summed E-state index contributed by atoms with van der Waals surface area (Å²) in [5, 5.41) is 0. The third-order valence-electron chi connectivity index (χ3n) is 3.39. The molecule has 1 saturated heterocycles. The van der Waals surface area contributed by atoms with E-state index >= 15 is 0 Å². The zero-order valence-electron chi connectivity index (χ0n) is 12.0. The Hall–Kier alpha value is -1.50. The van der Waals surface area contributed by atoms with Gasteiger partial charge in [0.2, 0.25) is 0 Å². The van der Waals surface area contributed by atoms with E-state index in [1.165, 1.54) is 17.8 Å². The van der Waals surface area contributed by atoms with Crippen molar-refractivity contribution >= 4 is 61.9 Å². The Kier molecular flexibility index (Phi) is 4.66. The van der Waals surface area contributed by atoms with Gasteiger partial charge in [-0.25, -0.2) is 4.39 Å². The molecule has 1 heterocycles. The molecule has 1 fully saturated rings. The molecule has 3 rings (SSSR count). The van der Waals surface area contributed by atoms with Gasteiger partial charge in [-0.15, -0.1) is 0 Å². The van der Waals surface area contributed by atoms with Gasteiger partial charge in [-0.3, -0.25) is 9.69 Å². The van der Waals surface area contributed by atoms with Crippen molar-refractivity contribution in [2.75, 3.05) is 4.90 Å². The Morgan fingerprint density at radius 2 is 2.00 bits per heavy atom. The standard InChI is InChI=1S/C17H11BrFNOS2/c1-10-4-2-3-5-14(10)20-16(21)15(23-17(20)22)9-11-6-7-13(19)12(18)8-11/h2-9H,1H3/b15-9+. The molecule has 1 aliphatic rings. The van der Waals surface area contributed by atoms with E-state index < -0.39 is 0 Å². The van der Waals surface area contributed by atoms with Crippen molar-refractivity contribution in [3.8, 4) is 0 Å². The summed E-state index contributed by atoms with van der Waals surface area (Å²) >= 11 is 9.76. The van der Waals surface area contributed by atoms with Crippen LogP contribution in [0.2, 0.25) is 0 Å². The predicted octanol–water partition coefficient (Wildman–Crippen LogP) is 5.30. The van der Waals surface area contributed by atoms with Crippen LogP contribution in [0.5, 0.6) is 0 Å². The Labute approximate surface area is 151 Å². The molecule has 23 heavy (non-hydrogen) atoms. The first-order valence-corrected chi connectivity index (χ1v) is 8.78. The van der Waals surface area contributed by atoms with Crippen LogP contribution in [0.1, 0.15) is 11.1 Å². The van der Waals surface area contributed by atoms with Crippen LogP contribution in [-0.4, -0.2) is 10.2 Å². The van der Waals surface area contributed by atoms with E-state index in [1.807, 2.05) is 31.2 Å². The molecule has 0 radical (unpaired) electrons. The fourth-order valence-corrected chi connectivity index (χ4v) is 3.92. The monoisotopic (exact) mass is 407 g/mol. The molecule has 0 aromatic heterocycles. The largest absolute Gasteiger partial charge is 0.270 e. The van der Waals surface area contributed by atoms with Gasteiger partial charge in [0.1, 0.15) is 5.82 Å². The molecule has 2 aromatic rings. The minimum Gasteiger partial charge on any atom is -0.268 e. The van der Waals surface area contributed by atoms with Crippen LogP contribution in [-0.2, 0) is 4.79 Å². The van der Waals surface area contributed by atoms with Crippen molar-refractivity contribution < 1.29 is 9.18 Å². The Morgan fingerprint density at radius 1 is 1.26 bits per heavy atom. The molecular weight excluding hydrogens is 397 g/mol. The lowest BCUT2D eigenvalue weighted by molar-refractivity contribution is -0.113. The summed E-state index contributed by atoms with van der Waals surface area (Å²) in [5.41, 5.74) is 2.51. The maximum atomic E-state index is 13.3. The van der Waals surface area contributed by atoms with Gasteiger partial charge in [0.25, 0.3) is 5.91 Å². The summed E-state index contributed by atoms with van der Waals surface area (Å²) in [6.07, 6.45) is 1.72. The molecule has 0 bridgehead atoms. The molecule has 0 aliphatic carbocycles. The highest BCUT2D eigenvalue weighted by molar-refractivity contribution is 9.10. The lowest BCUT2D eigenvalue weighted by Crippen LogP contribution is -2.28. The number of thiocarbonyl (C=S) groups is 1. The van der Waals surface area contributed by atoms with Crippen LogP contribution in [0.15, 0.2) is 51.8 Å². The van der Waals surface area contributed by atoms with E-state index in [0.717, 1.165) is 16.8 Å². The second kappa shape index (κ2) is 6.55. The van der Waals surface area contributed by atoms with E-state index in [9.17, 15) is 9.18 Å². The first-order chi connectivity index (χ1) is 11.0. The minimum atomic E-state index is -0.338. The molecule has 2 aromatic carbocycles. The van der Waals surface area contributed by atoms with Crippen molar-refractivity contribution in [2.45, 2.75) is 6.92 Å². The van der Waals surface area contributed by atoms with Crippen LogP contribution >= 0.6 is 39.9 Å². The third-order valence-corrected chi connectivity index (χ3v) is 5.30. The van der Waals surface area contributed by atoms with Crippen LogP contribution in [0.4, 0.5) is 10.1 Å². The van der Waals surface area contributed by atoms with Gasteiger partial charge in [0.15, 0.2) is 4.32 Å². The number of para-hydroxylation sites is 1.